The van der Waals surface area contributed by atoms with Crippen LogP contribution in [-0.4, -0.2) is 28.2 Å². The highest BCUT2D eigenvalue weighted by molar-refractivity contribution is 8.00. The molecule has 2 N–H and O–H groups in total. The van der Waals surface area contributed by atoms with Gasteiger partial charge in [0.25, 0.3) is 5.56 Å². The molecule has 29 heavy (non-hydrogen) atoms. The van der Waals surface area contributed by atoms with E-state index in [0.29, 0.717) is 35.2 Å². The molecular formula is C18H11Cl2F3N4OS. The minimum Gasteiger partial charge on any atom is -0.338 e. The van der Waals surface area contributed by atoms with Crippen LogP contribution in [0.5, 0.6) is 0 Å². The molecule has 0 radical (unpaired) electrons. The number of anilines is 2. The first-order valence-corrected chi connectivity index (χ1v) is 9.86. The Balaban J connectivity index is 1.81. The van der Waals surface area contributed by atoms with Crippen molar-refractivity contribution in [3.8, 4) is 0 Å². The number of nitrogens with one attached hydrogen (secondary N) is 2. The van der Waals surface area contributed by atoms with Crippen LogP contribution < -0.4 is 10.9 Å². The van der Waals surface area contributed by atoms with Crippen LogP contribution in [0.15, 0.2) is 39.1 Å². The fraction of sp³-hybridized carbons (Fsp3) is 0.167. The van der Waals surface area contributed by atoms with Crippen LogP contribution in [-0.2, 0) is 6.42 Å². The second-order valence-electron chi connectivity index (χ2n) is 6.14. The Kier molecular flexibility index (Phi) is 5.22. The third kappa shape index (κ3) is 4.08. The van der Waals surface area contributed by atoms with Crippen molar-refractivity contribution in [1.29, 1.82) is 0 Å². The predicted molar refractivity (Wildman–Crippen MR) is 110 cm³/mol. The lowest BCUT2D eigenvalue weighted by molar-refractivity contribution is -0.0328. The van der Waals surface area contributed by atoms with Gasteiger partial charge in [0.2, 0.25) is 0 Å². The SMILES string of the molecule is O=c1[nH]ccc2nc(Nc3c(Cl)cc(SC(F)(F)F)cc3Cl)c3c(c12)C=NCC3. The van der Waals surface area contributed by atoms with E-state index in [1.54, 1.807) is 12.3 Å². The number of hydrogen-bond acceptors (Lipinski definition) is 5. The fourth-order valence-electron chi connectivity index (χ4n) is 3.10. The zero-order valence-electron chi connectivity index (χ0n) is 14.4. The number of thioether (sulfide) groups is 1. The Labute approximate surface area is 176 Å². The van der Waals surface area contributed by atoms with E-state index in [9.17, 15) is 18.0 Å². The summed E-state index contributed by atoms with van der Waals surface area (Å²) in [7, 11) is 0. The van der Waals surface area contributed by atoms with Crippen LogP contribution in [0.2, 0.25) is 10.0 Å². The van der Waals surface area contributed by atoms with Crippen LogP contribution >= 0.6 is 35.0 Å². The Morgan fingerprint density at radius 1 is 1.21 bits per heavy atom. The highest BCUT2D eigenvalue weighted by Crippen LogP contribution is 2.43. The highest BCUT2D eigenvalue weighted by atomic mass is 35.5. The molecule has 3 aromatic rings. The zero-order valence-corrected chi connectivity index (χ0v) is 16.7. The van der Waals surface area contributed by atoms with E-state index in [-0.39, 0.29) is 37.9 Å². The zero-order chi connectivity index (χ0) is 20.8. The lowest BCUT2D eigenvalue weighted by Crippen LogP contribution is -2.15. The number of H-pyrrole nitrogens is 1. The van der Waals surface area contributed by atoms with Gasteiger partial charge in [-0.05, 0) is 36.4 Å². The van der Waals surface area contributed by atoms with Gasteiger partial charge < -0.3 is 10.3 Å². The van der Waals surface area contributed by atoms with Gasteiger partial charge in [0.05, 0.1) is 26.6 Å². The number of aromatic amines is 1. The molecule has 0 atom stereocenters. The summed E-state index contributed by atoms with van der Waals surface area (Å²) >= 11 is 12.1. The van der Waals surface area contributed by atoms with Crippen LogP contribution in [0.4, 0.5) is 24.7 Å². The van der Waals surface area contributed by atoms with E-state index in [4.69, 9.17) is 23.2 Å². The largest absolute Gasteiger partial charge is 0.446 e. The van der Waals surface area contributed by atoms with Gasteiger partial charge in [-0.1, -0.05) is 23.2 Å². The number of hydrogen-bond donors (Lipinski definition) is 2. The third-order valence-corrected chi connectivity index (χ3v) is 5.55. The molecule has 0 aliphatic carbocycles. The van der Waals surface area contributed by atoms with Gasteiger partial charge in [-0.2, -0.15) is 13.2 Å². The van der Waals surface area contributed by atoms with Crippen molar-refractivity contribution >= 4 is 63.6 Å². The van der Waals surface area contributed by atoms with Crippen molar-refractivity contribution in [3.63, 3.8) is 0 Å². The van der Waals surface area contributed by atoms with Crippen molar-refractivity contribution in [2.75, 3.05) is 11.9 Å². The molecule has 2 aromatic heterocycles. The van der Waals surface area contributed by atoms with Gasteiger partial charge >= 0.3 is 5.51 Å². The topological polar surface area (TPSA) is 70.1 Å². The number of alkyl halides is 3. The lowest BCUT2D eigenvalue weighted by atomic mass is 10.00. The average Bonchev–Trinajstić information content (AvgIpc) is 2.63. The van der Waals surface area contributed by atoms with Crippen LogP contribution in [0, 0.1) is 0 Å². The molecule has 0 bridgehead atoms. The molecule has 4 rings (SSSR count). The summed E-state index contributed by atoms with van der Waals surface area (Å²) in [4.78, 5) is 23.5. The molecule has 11 heteroatoms. The quantitative estimate of drug-likeness (QED) is 0.504. The highest BCUT2D eigenvalue weighted by Gasteiger charge is 2.30. The Bertz CT molecular complexity index is 1190. The monoisotopic (exact) mass is 458 g/mol. The Morgan fingerprint density at radius 3 is 2.62 bits per heavy atom. The fourth-order valence-corrected chi connectivity index (χ4v) is 4.43. The van der Waals surface area contributed by atoms with Crippen molar-refractivity contribution in [2.24, 2.45) is 4.99 Å². The van der Waals surface area contributed by atoms with Gasteiger partial charge in [0.15, 0.2) is 0 Å². The van der Waals surface area contributed by atoms with Crippen molar-refractivity contribution < 1.29 is 13.2 Å². The molecule has 1 aromatic carbocycles. The molecule has 150 valence electrons. The van der Waals surface area contributed by atoms with E-state index in [2.05, 4.69) is 20.3 Å². The summed E-state index contributed by atoms with van der Waals surface area (Å²) in [5, 5.41) is 3.50. The lowest BCUT2D eigenvalue weighted by Gasteiger charge is -2.19. The second kappa shape index (κ2) is 7.55. The summed E-state index contributed by atoms with van der Waals surface area (Å²) < 4.78 is 37.9. The molecular weight excluding hydrogens is 448 g/mol. The summed E-state index contributed by atoms with van der Waals surface area (Å²) in [5.41, 5.74) is -2.66. The van der Waals surface area contributed by atoms with Crippen LogP contribution in [0.25, 0.3) is 10.9 Å². The number of pyridine rings is 2. The molecule has 0 amide bonds. The molecule has 3 heterocycles. The molecule has 0 unspecified atom stereocenters. The van der Waals surface area contributed by atoms with Crippen molar-refractivity contribution in [3.05, 3.63) is 55.9 Å². The molecule has 0 saturated heterocycles. The molecule has 1 aliphatic heterocycles. The van der Waals surface area contributed by atoms with Crippen LogP contribution in [0.3, 0.4) is 0 Å². The number of fused-ring (bicyclic) bond motifs is 3. The minimum atomic E-state index is -4.45. The molecule has 0 spiro atoms. The Morgan fingerprint density at radius 2 is 1.93 bits per heavy atom. The first kappa shape index (κ1) is 20.1. The molecule has 0 saturated carbocycles. The number of benzene rings is 1. The number of aromatic nitrogens is 2. The number of nitrogens with zero attached hydrogens (tertiary/aromatic N) is 2. The van der Waals surface area contributed by atoms with Gasteiger partial charge in [-0.15, -0.1) is 0 Å². The summed E-state index contributed by atoms with van der Waals surface area (Å²) in [6, 6.07) is 4.03. The number of aliphatic imine (C=N–C) groups is 1. The standard InChI is InChI=1S/C18H11Cl2F3N4OS/c19-11-5-8(29-18(21,22)23)6-12(20)15(11)27-16-9-1-3-24-7-10(9)14-13(26-16)2-4-25-17(14)28/h2,4-7H,1,3H2,(H,25,28)(H,26,27). The van der Waals surface area contributed by atoms with E-state index < -0.39 is 5.51 Å². The Hall–Kier alpha value is -2.23. The smallest absolute Gasteiger partial charge is 0.338 e. The first-order chi connectivity index (χ1) is 13.7. The van der Waals surface area contributed by atoms with E-state index >= 15 is 0 Å². The van der Waals surface area contributed by atoms with Crippen molar-refractivity contribution in [2.45, 2.75) is 16.8 Å². The van der Waals surface area contributed by atoms with E-state index in [1.165, 1.54) is 18.3 Å². The van der Waals surface area contributed by atoms with Gasteiger partial charge in [-0.25, -0.2) is 4.98 Å². The molecule has 5 nitrogen and oxygen atoms in total. The summed E-state index contributed by atoms with van der Waals surface area (Å²) in [5.74, 6) is 0.421. The van der Waals surface area contributed by atoms with E-state index in [1.807, 2.05) is 0 Å². The second-order valence-corrected chi connectivity index (χ2v) is 8.09. The molecule has 0 fully saturated rings. The normalized spacial score (nSPS) is 13.6. The van der Waals surface area contributed by atoms with Gasteiger partial charge in [-0.3, -0.25) is 9.79 Å². The summed E-state index contributed by atoms with van der Waals surface area (Å²) in [6.07, 6.45) is 3.63. The minimum absolute atomic E-state index is 0.0234. The van der Waals surface area contributed by atoms with E-state index in [0.717, 1.165) is 5.56 Å². The maximum Gasteiger partial charge on any atom is 0.446 e. The number of rotatable bonds is 3. The maximum absolute atomic E-state index is 12.6. The maximum atomic E-state index is 12.6. The van der Waals surface area contributed by atoms with Crippen LogP contribution in [0.1, 0.15) is 11.1 Å². The third-order valence-electron chi connectivity index (χ3n) is 4.26. The van der Waals surface area contributed by atoms with Gasteiger partial charge in [0, 0.05) is 35.0 Å². The first-order valence-electron chi connectivity index (χ1n) is 8.29. The summed E-state index contributed by atoms with van der Waals surface area (Å²) in [6.45, 7) is 0.516. The van der Waals surface area contributed by atoms with Gasteiger partial charge in [0.1, 0.15) is 5.82 Å². The molecule has 1 aliphatic rings. The number of halogens is 5. The van der Waals surface area contributed by atoms with Crippen molar-refractivity contribution in [1.82, 2.24) is 9.97 Å². The average molecular weight is 459 g/mol. The predicted octanol–water partition coefficient (Wildman–Crippen LogP) is 5.56.